The van der Waals surface area contributed by atoms with Gasteiger partial charge in [-0.15, -0.1) is 0 Å². The van der Waals surface area contributed by atoms with Crippen molar-refractivity contribution < 1.29 is 19.8 Å². The third kappa shape index (κ3) is 39.6. The molecule has 2 heterocycles. The fourth-order valence-corrected chi connectivity index (χ4v) is 5.88. The number of allylic oxidation sites excluding steroid dienone is 2. The molecule has 0 spiro atoms. The normalized spacial score (nSPS) is 11.0. The van der Waals surface area contributed by atoms with Gasteiger partial charge in [-0.25, -0.2) is 9.97 Å². The van der Waals surface area contributed by atoms with E-state index in [0.29, 0.717) is 0 Å². The monoisotopic (exact) mass is 727 g/mol. The van der Waals surface area contributed by atoms with Crippen molar-refractivity contribution in [3.63, 3.8) is 0 Å². The second kappa shape index (κ2) is 40.6. The Labute approximate surface area is 318 Å². The minimum Gasteiger partial charge on any atom is -0.481 e. The molecule has 0 aromatic carbocycles. The van der Waals surface area contributed by atoms with E-state index in [1.807, 2.05) is 46.6 Å². The number of hydrogen-bond acceptors (Lipinski definition) is 4. The number of carbonyl (C=O) groups is 2. The smallest absolute Gasteiger partial charge is 0.303 e. The van der Waals surface area contributed by atoms with Crippen LogP contribution in [0.15, 0.2) is 49.6 Å². The predicted molar refractivity (Wildman–Crippen MR) is 220 cm³/mol. The zero-order chi connectivity index (χ0) is 38.0. The molecule has 0 fully saturated rings. The average molecular weight is 727 g/mol. The molecule has 0 radical (unpaired) electrons. The molecule has 0 aliphatic heterocycles. The highest BCUT2D eigenvalue weighted by Crippen LogP contribution is 2.14. The number of carboxylic acids is 2. The summed E-state index contributed by atoms with van der Waals surface area (Å²) in [5.41, 5.74) is 0. The van der Waals surface area contributed by atoms with Crippen LogP contribution in [0.3, 0.4) is 0 Å². The van der Waals surface area contributed by atoms with Crippen LogP contribution in [-0.2, 0) is 9.59 Å². The van der Waals surface area contributed by atoms with Gasteiger partial charge in [0.2, 0.25) is 0 Å². The quantitative estimate of drug-likeness (QED) is 0.0708. The van der Waals surface area contributed by atoms with E-state index >= 15 is 0 Å². The van der Waals surface area contributed by atoms with Gasteiger partial charge in [0.05, 0.1) is 25.5 Å². The van der Waals surface area contributed by atoms with Gasteiger partial charge in [0, 0.05) is 37.2 Å². The van der Waals surface area contributed by atoms with Crippen LogP contribution in [0.5, 0.6) is 0 Å². The van der Waals surface area contributed by atoms with E-state index in [-0.39, 0.29) is 12.8 Å². The van der Waals surface area contributed by atoms with Crippen molar-refractivity contribution in [3.8, 4) is 0 Å². The zero-order valence-corrected chi connectivity index (χ0v) is 33.5. The summed E-state index contributed by atoms with van der Waals surface area (Å²) < 4.78 is 4.00. The number of hydrogen-bond donors (Lipinski definition) is 2. The summed E-state index contributed by atoms with van der Waals surface area (Å²) in [6, 6.07) is 0. The second-order valence-electron chi connectivity index (χ2n) is 14.1. The van der Waals surface area contributed by atoms with Gasteiger partial charge in [-0.3, -0.25) is 9.59 Å². The van der Waals surface area contributed by atoms with Gasteiger partial charge in [-0.05, 0) is 25.7 Å². The summed E-state index contributed by atoms with van der Waals surface area (Å²) in [5, 5.41) is 15.8. The van der Waals surface area contributed by atoms with Crippen LogP contribution in [0.4, 0.5) is 0 Å². The molecule has 8 heteroatoms. The summed E-state index contributed by atoms with van der Waals surface area (Å²) in [6.45, 7) is 4.58. The lowest BCUT2D eigenvalue weighted by Gasteiger charge is -2.02. The lowest BCUT2D eigenvalue weighted by Crippen LogP contribution is -2.00. The molecule has 8 nitrogen and oxygen atoms in total. The first-order chi connectivity index (χ1) is 25.5. The summed E-state index contributed by atoms with van der Waals surface area (Å²) >= 11 is 0. The molecule has 0 saturated carbocycles. The van der Waals surface area contributed by atoms with Gasteiger partial charge in [-0.1, -0.05) is 180 Å². The first-order valence-electron chi connectivity index (χ1n) is 21.2. The van der Waals surface area contributed by atoms with Crippen molar-refractivity contribution in [1.82, 2.24) is 19.1 Å². The van der Waals surface area contributed by atoms with Crippen molar-refractivity contribution in [1.29, 1.82) is 0 Å². The van der Waals surface area contributed by atoms with Gasteiger partial charge < -0.3 is 19.3 Å². The van der Waals surface area contributed by atoms with Crippen LogP contribution in [0.1, 0.15) is 206 Å². The number of unbranched alkanes of at least 4 members (excludes halogenated alkanes) is 26. The maximum absolute atomic E-state index is 9.64. The molecule has 0 saturated heterocycles. The standard InChI is InChI=1S/2C20H36N2.C4H6O4/c2*1-2-3-4-5-6-7-8-9-10-11-12-13-14-15-16-18-22-19-17-21-20-22;5-3(6)1-2-4(7)8/h2*16-20H,2-15H2,1H3;1-2H2,(H,5,6)(H,7,8). The van der Waals surface area contributed by atoms with Gasteiger partial charge in [-0.2, -0.15) is 0 Å². The molecule has 2 rings (SSSR count). The van der Waals surface area contributed by atoms with Crippen LogP contribution in [-0.4, -0.2) is 41.3 Å². The molecule has 52 heavy (non-hydrogen) atoms. The highest BCUT2D eigenvalue weighted by atomic mass is 16.4. The van der Waals surface area contributed by atoms with Gasteiger partial charge >= 0.3 is 11.9 Å². The van der Waals surface area contributed by atoms with Gasteiger partial charge in [0.1, 0.15) is 0 Å². The molecule has 0 bridgehead atoms. The van der Waals surface area contributed by atoms with Gasteiger partial charge in [0.25, 0.3) is 0 Å². The average Bonchev–Trinajstić information content (AvgIpc) is 3.86. The summed E-state index contributed by atoms with van der Waals surface area (Å²) in [4.78, 5) is 27.3. The topological polar surface area (TPSA) is 110 Å². The Morgan fingerprint density at radius 2 is 0.731 bits per heavy atom. The highest BCUT2D eigenvalue weighted by Gasteiger charge is 2.00. The summed E-state index contributed by atoms with van der Waals surface area (Å²) in [5.74, 6) is -2.15. The maximum atomic E-state index is 9.64. The Morgan fingerprint density at radius 3 is 0.962 bits per heavy atom. The van der Waals surface area contributed by atoms with E-state index < -0.39 is 11.9 Å². The molecule has 2 N–H and O–H groups in total. The van der Waals surface area contributed by atoms with Crippen molar-refractivity contribution in [2.75, 3.05) is 0 Å². The fourth-order valence-electron chi connectivity index (χ4n) is 5.88. The number of aliphatic carboxylic acids is 2. The highest BCUT2D eigenvalue weighted by molar-refractivity contribution is 5.75. The number of imidazole rings is 2. The van der Waals surface area contributed by atoms with E-state index in [1.54, 1.807) is 0 Å². The molecular formula is C44H78N4O4. The van der Waals surface area contributed by atoms with E-state index in [0.717, 1.165) is 0 Å². The van der Waals surface area contributed by atoms with Gasteiger partial charge in [0.15, 0.2) is 0 Å². The Morgan fingerprint density at radius 1 is 0.462 bits per heavy atom. The Bertz CT molecular complexity index is 966. The lowest BCUT2D eigenvalue weighted by molar-refractivity contribution is -0.143. The first-order valence-corrected chi connectivity index (χ1v) is 21.2. The number of rotatable bonds is 33. The predicted octanol–water partition coefficient (Wildman–Crippen LogP) is 13.6. The molecule has 0 atom stereocenters. The maximum Gasteiger partial charge on any atom is 0.303 e. The van der Waals surface area contributed by atoms with Crippen LogP contribution in [0.25, 0.3) is 12.4 Å². The third-order valence-electron chi connectivity index (χ3n) is 9.11. The molecule has 2 aromatic heterocycles. The second-order valence-corrected chi connectivity index (χ2v) is 14.1. The molecule has 298 valence electrons. The molecule has 0 amide bonds. The van der Waals surface area contributed by atoms with Crippen LogP contribution >= 0.6 is 0 Å². The molecular weight excluding hydrogens is 649 g/mol. The lowest BCUT2D eigenvalue weighted by atomic mass is 10.0. The van der Waals surface area contributed by atoms with Crippen molar-refractivity contribution >= 4 is 24.3 Å². The van der Waals surface area contributed by atoms with E-state index in [2.05, 4.69) is 48.4 Å². The SMILES string of the molecule is CCCCCCCCCCCCCCCC=Cn1ccnc1.CCCCCCCCCCCCCCCC=Cn1ccnc1.O=C(O)CCC(=O)O. The minimum atomic E-state index is -1.08. The molecule has 0 unspecified atom stereocenters. The van der Waals surface area contributed by atoms with Crippen LogP contribution < -0.4 is 0 Å². The molecule has 0 aliphatic rings. The Kier molecular flexibility index (Phi) is 38.1. The van der Waals surface area contributed by atoms with Crippen LogP contribution in [0, 0.1) is 0 Å². The first kappa shape index (κ1) is 48.8. The van der Waals surface area contributed by atoms with E-state index in [4.69, 9.17) is 10.2 Å². The Hall–Kier alpha value is -3.16. The minimum absolute atomic E-state index is 0.296. The van der Waals surface area contributed by atoms with Crippen molar-refractivity contribution in [2.45, 2.75) is 206 Å². The zero-order valence-electron chi connectivity index (χ0n) is 33.5. The number of nitrogens with zero attached hydrogens (tertiary/aromatic N) is 4. The molecule has 0 aliphatic carbocycles. The third-order valence-corrected chi connectivity index (χ3v) is 9.11. The van der Waals surface area contributed by atoms with E-state index in [9.17, 15) is 9.59 Å². The largest absolute Gasteiger partial charge is 0.481 e. The van der Waals surface area contributed by atoms with Crippen molar-refractivity contribution in [3.05, 3.63) is 49.6 Å². The van der Waals surface area contributed by atoms with E-state index in [1.165, 1.54) is 180 Å². The fraction of sp³-hybridized carbons (Fsp3) is 0.727. The number of aromatic nitrogens is 4. The van der Waals surface area contributed by atoms with Crippen molar-refractivity contribution in [2.24, 2.45) is 0 Å². The summed E-state index contributed by atoms with van der Waals surface area (Å²) in [6.07, 6.45) is 58.8. The molecule has 2 aromatic rings. The number of carboxylic acid groups (broad SMARTS) is 2. The van der Waals surface area contributed by atoms with Crippen LogP contribution in [0.2, 0.25) is 0 Å². The summed E-state index contributed by atoms with van der Waals surface area (Å²) in [7, 11) is 0. The Balaban J connectivity index is 0.000000829.